The first-order valence-electron chi connectivity index (χ1n) is 9.43. The molecule has 0 aliphatic carbocycles. The zero-order chi connectivity index (χ0) is 17.7. The van der Waals surface area contributed by atoms with Gasteiger partial charge in [-0.2, -0.15) is 0 Å². The summed E-state index contributed by atoms with van der Waals surface area (Å²) in [6.45, 7) is 8.42. The molecule has 0 bridgehead atoms. The maximum atomic E-state index is 12.1. The molecule has 2 saturated heterocycles. The van der Waals surface area contributed by atoms with Crippen LogP contribution in [0.2, 0.25) is 0 Å². The third-order valence-corrected chi connectivity index (χ3v) is 7.56. The second-order valence-electron chi connectivity index (χ2n) is 7.39. The molecule has 2 heterocycles. The maximum absolute atomic E-state index is 12.1. The monoisotopic (exact) mass is 362 g/mol. The van der Waals surface area contributed by atoms with Gasteiger partial charge in [0, 0.05) is 26.2 Å². The molecular weight excluding hydrogens is 332 g/mol. The zero-order valence-electron chi connectivity index (χ0n) is 15.0. The Hall–Kier alpha value is -1.17. The standard InChI is InChI=1S/C20H30N2O2S/c1-2-16-25(23,24)22-14-10-19(11-15-22)20-9-13-21(17-20)12-8-18-6-4-3-5-7-18/h2-7,19-20H,1,8-17H2. The Kier molecular flexibility index (Phi) is 6.31. The largest absolute Gasteiger partial charge is 0.303 e. The summed E-state index contributed by atoms with van der Waals surface area (Å²) in [5.74, 6) is 1.48. The van der Waals surface area contributed by atoms with Gasteiger partial charge in [-0.15, -0.1) is 6.58 Å². The van der Waals surface area contributed by atoms with Crippen molar-refractivity contribution in [2.45, 2.75) is 25.7 Å². The highest BCUT2D eigenvalue weighted by molar-refractivity contribution is 7.89. The number of benzene rings is 1. The summed E-state index contributed by atoms with van der Waals surface area (Å²) in [7, 11) is -3.13. The van der Waals surface area contributed by atoms with Crippen molar-refractivity contribution in [1.82, 2.24) is 9.21 Å². The van der Waals surface area contributed by atoms with Crippen molar-refractivity contribution in [3.8, 4) is 0 Å². The molecule has 3 rings (SSSR count). The van der Waals surface area contributed by atoms with Crippen molar-refractivity contribution in [2.75, 3.05) is 38.5 Å². The van der Waals surface area contributed by atoms with Crippen LogP contribution in [0.1, 0.15) is 24.8 Å². The van der Waals surface area contributed by atoms with E-state index in [4.69, 9.17) is 0 Å². The molecule has 1 aromatic rings. The molecule has 5 heteroatoms. The van der Waals surface area contributed by atoms with Crippen LogP contribution in [0, 0.1) is 11.8 Å². The van der Waals surface area contributed by atoms with Gasteiger partial charge in [0.05, 0.1) is 5.75 Å². The van der Waals surface area contributed by atoms with Gasteiger partial charge in [0.25, 0.3) is 0 Å². The van der Waals surface area contributed by atoms with E-state index in [1.807, 2.05) is 0 Å². The summed E-state index contributed by atoms with van der Waals surface area (Å²) in [6, 6.07) is 10.7. The van der Waals surface area contributed by atoms with Gasteiger partial charge in [-0.3, -0.25) is 0 Å². The quantitative estimate of drug-likeness (QED) is 0.700. The molecule has 2 aliphatic rings. The lowest BCUT2D eigenvalue weighted by Crippen LogP contribution is -2.41. The molecule has 0 amide bonds. The molecule has 0 aromatic heterocycles. The minimum atomic E-state index is -3.13. The summed E-state index contributed by atoms with van der Waals surface area (Å²) in [4.78, 5) is 2.58. The van der Waals surface area contributed by atoms with Crippen molar-refractivity contribution < 1.29 is 8.42 Å². The van der Waals surface area contributed by atoms with Crippen LogP contribution in [0.15, 0.2) is 43.0 Å². The van der Waals surface area contributed by atoms with Crippen molar-refractivity contribution in [3.05, 3.63) is 48.6 Å². The number of nitrogens with zero attached hydrogens (tertiary/aromatic N) is 2. The number of piperidine rings is 1. The van der Waals surface area contributed by atoms with E-state index < -0.39 is 10.0 Å². The summed E-state index contributed by atoms with van der Waals surface area (Å²) in [5.41, 5.74) is 1.41. The summed E-state index contributed by atoms with van der Waals surface area (Å²) >= 11 is 0. The van der Waals surface area contributed by atoms with Crippen LogP contribution in [0.25, 0.3) is 0 Å². The van der Waals surface area contributed by atoms with E-state index in [1.165, 1.54) is 31.1 Å². The third-order valence-electron chi connectivity index (χ3n) is 5.76. The predicted octanol–water partition coefficient (Wildman–Crippen LogP) is 2.78. The molecule has 2 fully saturated rings. The van der Waals surface area contributed by atoms with Crippen molar-refractivity contribution in [3.63, 3.8) is 0 Å². The Morgan fingerprint density at radius 3 is 2.40 bits per heavy atom. The Labute approximate surface area is 152 Å². The van der Waals surface area contributed by atoms with E-state index in [9.17, 15) is 8.42 Å². The van der Waals surface area contributed by atoms with Crippen LogP contribution >= 0.6 is 0 Å². The molecule has 0 radical (unpaired) electrons. The van der Waals surface area contributed by atoms with E-state index >= 15 is 0 Å². The molecule has 138 valence electrons. The van der Waals surface area contributed by atoms with E-state index in [0.29, 0.717) is 19.0 Å². The highest BCUT2D eigenvalue weighted by atomic mass is 32.2. The molecule has 0 N–H and O–H groups in total. The third kappa shape index (κ3) is 4.93. The summed E-state index contributed by atoms with van der Waals surface area (Å²) in [5, 5.41) is 0. The maximum Gasteiger partial charge on any atom is 0.217 e. The Bertz CT molecular complexity index is 652. The highest BCUT2D eigenvalue weighted by Gasteiger charge is 2.34. The number of likely N-dealkylation sites (tertiary alicyclic amines) is 1. The minimum absolute atomic E-state index is 0.0638. The van der Waals surface area contributed by atoms with Gasteiger partial charge < -0.3 is 4.90 Å². The van der Waals surface area contributed by atoms with Crippen molar-refractivity contribution in [2.24, 2.45) is 11.8 Å². The molecular formula is C20H30N2O2S. The van der Waals surface area contributed by atoms with E-state index in [1.54, 1.807) is 4.31 Å². The van der Waals surface area contributed by atoms with E-state index in [-0.39, 0.29) is 5.75 Å². The van der Waals surface area contributed by atoms with Crippen LogP contribution in [0.5, 0.6) is 0 Å². The summed E-state index contributed by atoms with van der Waals surface area (Å²) in [6.07, 6.45) is 5.88. The molecule has 1 atom stereocenters. The van der Waals surface area contributed by atoms with Gasteiger partial charge in [-0.25, -0.2) is 12.7 Å². The van der Waals surface area contributed by atoms with Crippen LogP contribution in [-0.2, 0) is 16.4 Å². The van der Waals surface area contributed by atoms with Crippen LogP contribution in [0.3, 0.4) is 0 Å². The number of rotatable bonds is 7. The molecule has 25 heavy (non-hydrogen) atoms. The van der Waals surface area contributed by atoms with Gasteiger partial charge in [0.1, 0.15) is 0 Å². The average molecular weight is 363 g/mol. The molecule has 1 aromatic carbocycles. The molecule has 2 aliphatic heterocycles. The second-order valence-corrected chi connectivity index (χ2v) is 9.40. The normalized spacial score (nSPS) is 23.8. The van der Waals surface area contributed by atoms with Crippen molar-refractivity contribution >= 4 is 10.0 Å². The molecule has 1 unspecified atom stereocenters. The van der Waals surface area contributed by atoms with Gasteiger partial charge in [-0.05, 0) is 49.6 Å². The molecule has 4 nitrogen and oxygen atoms in total. The number of hydrogen-bond donors (Lipinski definition) is 0. The zero-order valence-corrected chi connectivity index (χ0v) is 15.8. The lowest BCUT2D eigenvalue weighted by atomic mass is 9.84. The fourth-order valence-corrected chi connectivity index (χ4v) is 5.54. The lowest BCUT2D eigenvalue weighted by Gasteiger charge is -2.34. The first kappa shape index (κ1) is 18.6. The summed E-state index contributed by atoms with van der Waals surface area (Å²) < 4.78 is 25.9. The number of hydrogen-bond acceptors (Lipinski definition) is 3. The molecule has 0 saturated carbocycles. The fourth-order valence-electron chi connectivity index (χ4n) is 4.26. The van der Waals surface area contributed by atoms with E-state index in [2.05, 4.69) is 41.8 Å². The van der Waals surface area contributed by atoms with E-state index in [0.717, 1.165) is 31.7 Å². The lowest BCUT2D eigenvalue weighted by molar-refractivity contribution is 0.203. The van der Waals surface area contributed by atoms with Gasteiger partial charge in [0.15, 0.2) is 0 Å². The van der Waals surface area contributed by atoms with Gasteiger partial charge in [-0.1, -0.05) is 36.4 Å². The Morgan fingerprint density at radius 1 is 1.04 bits per heavy atom. The van der Waals surface area contributed by atoms with Gasteiger partial charge >= 0.3 is 0 Å². The number of sulfonamides is 1. The van der Waals surface area contributed by atoms with Crippen molar-refractivity contribution in [1.29, 1.82) is 0 Å². The first-order valence-corrected chi connectivity index (χ1v) is 11.0. The second kappa shape index (κ2) is 8.47. The average Bonchev–Trinajstić information content (AvgIpc) is 3.10. The van der Waals surface area contributed by atoms with Crippen LogP contribution < -0.4 is 0 Å². The molecule has 0 spiro atoms. The highest BCUT2D eigenvalue weighted by Crippen LogP contribution is 2.32. The first-order chi connectivity index (χ1) is 12.1. The Morgan fingerprint density at radius 2 is 1.72 bits per heavy atom. The SMILES string of the molecule is C=CCS(=O)(=O)N1CCC(C2CCN(CCc3ccccc3)C2)CC1. The Balaban J connectivity index is 1.43. The predicted molar refractivity (Wildman–Crippen MR) is 103 cm³/mol. The van der Waals surface area contributed by atoms with Crippen LogP contribution in [0.4, 0.5) is 0 Å². The van der Waals surface area contributed by atoms with Crippen LogP contribution in [-0.4, -0.2) is 56.1 Å². The topological polar surface area (TPSA) is 40.6 Å². The smallest absolute Gasteiger partial charge is 0.217 e. The minimum Gasteiger partial charge on any atom is -0.303 e. The van der Waals surface area contributed by atoms with Gasteiger partial charge in [0.2, 0.25) is 10.0 Å². The fraction of sp³-hybridized carbons (Fsp3) is 0.600.